The summed E-state index contributed by atoms with van der Waals surface area (Å²) in [5.41, 5.74) is 1.63. The topological polar surface area (TPSA) is 45.2 Å². The Kier molecular flexibility index (Phi) is 7.80. The molecule has 0 amide bonds. The van der Waals surface area contributed by atoms with Gasteiger partial charge in [0, 0.05) is 38.6 Å². The van der Waals surface area contributed by atoms with Crippen LogP contribution in [0.15, 0.2) is 60.7 Å². The van der Waals surface area contributed by atoms with E-state index in [0.29, 0.717) is 6.61 Å². The maximum absolute atomic E-state index is 11.8. The molecule has 1 aliphatic carbocycles. The largest absolute Gasteiger partial charge is 0.493 e. The highest BCUT2D eigenvalue weighted by molar-refractivity contribution is 5.85. The number of aliphatic hydroxyl groups is 1. The first-order valence-electron chi connectivity index (χ1n) is 13.5. The predicted octanol–water partition coefficient (Wildman–Crippen LogP) is 5.45. The molecule has 5 rings (SSSR count). The summed E-state index contributed by atoms with van der Waals surface area (Å²) in [6.45, 7) is 5.61. The number of likely N-dealkylation sites (N-methyl/N-ethyl adjacent to an activating group) is 1. The summed E-state index contributed by atoms with van der Waals surface area (Å²) in [5.74, 6) is 1.53. The smallest absolute Gasteiger partial charge is 0.161 e. The molecule has 0 spiro atoms. The van der Waals surface area contributed by atoms with E-state index in [9.17, 15) is 5.11 Å². The lowest BCUT2D eigenvalue weighted by Crippen LogP contribution is -2.50. The third kappa shape index (κ3) is 5.54. The molecule has 1 saturated carbocycles. The number of piperazine rings is 1. The summed E-state index contributed by atoms with van der Waals surface area (Å²) in [5, 5.41) is 14.3. The fourth-order valence-corrected chi connectivity index (χ4v) is 5.98. The van der Waals surface area contributed by atoms with Crippen molar-refractivity contribution in [2.24, 2.45) is 0 Å². The Labute approximate surface area is 215 Å². The number of hydrogen-bond donors (Lipinski definition) is 1. The van der Waals surface area contributed by atoms with Gasteiger partial charge in [0.1, 0.15) is 6.61 Å². The van der Waals surface area contributed by atoms with Crippen LogP contribution in [-0.4, -0.2) is 67.4 Å². The van der Waals surface area contributed by atoms with Crippen LogP contribution in [0.2, 0.25) is 0 Å². The molecule has 1 atom stereocenters. The molecule has 1 saturated heterocycles. The van der Waals surface area contributed by atoms with Gasteiger partial charge in [-0.15, -0.1) is 0 Å². The van der Waals surface area contributed by atoms with Crippen molar-refractivity contribution in [1.82, 2.24) is 9.80 Å². The van der Waals surface area contributed by atoms with Gasteiger partial charge in [-0.3, -0.25) is 0 Å². The van der Waals surface area contributed by atoms with Crippen molar-refractivity contribution in [3.8, 4) is 11.5 Å². The summed E-state index contributed by atoms with van der Waals surface area (Å²) >= 11 is 0. The lowest BCUT2D eigenvalue weighted by atomic mass is 9.72. The summed E-state index contributed by atoms with van der Waals surface area (Å²) in [4.78, 5) is 4.90. The van der Waals surface area contributed by atoms with Crippen LogP contribution >= 0.6 is 0 Å². The van der Waals surface area contributed by atoms with Gasteiger partial charge in [0.15, 0.2) is 11.5 Å². The Morgan fingerprint density at radius 1 is 0.889 bits per heavy atom. The second-order valence-electron chi connectivity index (χ2n) is 10.7. The molecule has 5 nitrogen and oxygen atoms in total. The van der Waals surface area contributed by atoms with E-state index in [1.165, 1.54) is 17.2 Å². The Balaban J connectivity index is 1.38. The monoisotopic (exact) mass is 488 g/mol. The van der Waals surface area contributed by atoms with E-state index >= 15 is 0 Å². The van der Waals surface area contributed by atoms with Gasteiger partial charge in [0.05, 0.1) is 12.7 Å². The number of hydrogen-bond acceptors (Lipinski definition) is 5. The average molecular weight is 489 g/mol. The first kappa shape index (κ1) is 25.1. The fourth-order valence-electron chi connectivity index (χ4n) is 5.98. The minimum atomic E-state index is -0.669. The molecule has 1 unspecified atom stereocenters. The SMILES string of the molecule is COc1cc(C(CN2CCN(C)CC2)C2(O)CCCCC2)ccc1OCc1cccc2ccccc12. The minimum absolute atomic E-state index is 0.0576. The molecular weight excluding hydrogens is 448 g/mol. The van der Waals surface area contributed by atoms with Gasteiger partial charge in [-0.25, -0.2) is 0 Å². The van der Waals surface area contributed by atoms with Gasteiger partial charge < -0.3 is 24.4 Å². The first-order chi connectivity index (χ1) is 17.6. The van der Waals surface area contributed by atoms with Crippen LogP contribution in [0.3, 0.4) is 0 Å². The lowest BCUT2D eigenvalue weighted by Gasteiger charge is -2.43. The zero-order valence-corrected chi connectivity index (χ0v) is 21.8. The van der Waals surface area contributed by atoms with Gasteiger partial charge in [0.2, 0.25) is 0 Å². The number of rotatable bonds is 8. The zero-order chi connectivity index (χ0) is 25.0. The lowest BCUT2D eigenvalue weighted by molar-refractivity contribution is -0.0337. The van der Waals surface area contributed by atoms with Crippen molar-refractivity contribution < 1.29 is 14.6 Å². The van der Waals surface area contributed by atoms with Crippen molar-refractivity contribution in [3.63, 3.8) is 0 Å². The van der Waals surface area contributed by atoms with Crippen LogP contribution in [0.25, 0.3) is 10.8 Å². The second-order valence-corrected chi connectivity index (χ2v) is 10.7. The van der Waals surface area contributed by atoms with Crippen molar-refractivity contribution in [1.29, 1.82) is 0 Å². The van der Waals surface area contributed by atoms with E-state index in [4.69, 9.17) is 9.47 Å². The number of fused-ring (bicyclic) bond motifs is 1. The highest BCUT2D eigenvalue weighted by Gasteiger charge is 2.40. The van der Waals surface area contributed by atoms with Gasteiger partial charge in [-0.2, -0.15) is 0 Å². The molecule has 0 aromatic heterocycles. The maximum atomic E-state index is 11.8. The molecule has 3 aromatic carbocycles. The molecule has 2 fully saturated rings. The van der Waals surface area contributed by atoms with E-state index in [-0.39, 0.29) is 5.92 Å². The van der Waals surface area contributed by atoms with Crippen LogP contribution in [-0.2, 0) is 6.61 Å². The van der Waals surface area contributed by atoms with Gasteiger partial charge in [-0.1, -0.05) is 67.8 Å². The average Bonchev–Trinajstić information content (AvgIpc) is 2.92. The molecule has 2 aliphatic rings. The molecule has 3 aromatic rings. The molecule has 5 heteroatoms. The van der Waals surface area contributed by atoms with E-state index in [1.807, 2.05) is 6.07 Å². The molecule has 192 valence electrons. The first-order valence-corrected chi connectivity index (χ1v) is 13.5. The highest BCUT2D eigenvalue weighted by atomic mass is 16.5. The zero-order valence-electron chi connectivity index (χ0n) is 21.8. The summed E-state index contributed by atoms with van der Waals surface area (Å²) in [6.07, 6.45) is 5.14. The fraction of sp³-hybridized carbons (Fsp3) is 0.484. The number of methoxy groups -OCH3 is 1. The Morgan fingerprint density at radius 3 is 2.42 bits per heavy atom. The molecule has 0 radical (unpaired) electrons. The summed E-state index contributed by atoms with van der Waals surface area (Å²) in [6, 6.07) is 21.0. The second kappa shape index (κ2) is 11.2. The van der Waals surface area contributed by atoms with Crippen LogP contribution in [0.1, 0.15) is 49.1 Å². The van der Waals surface area contributed by atoms with E-state index in [0.717, 1.165) is 81.0 Å². The molecule has 1 heterocycles. The number of benzene rings is 3. The van der Waals surface area contributed by atoms with Gasteiger partial charge >= 0.3 is 0 Å². The predicted molar refractivity (Wildman–Crippen MR) is 146 cm³/mol. The molecular formula is C31H40N2O3. The third-order valence-corrected chi connectivity index (χ3v) is 8.26. The molecule has 0 bridgehead atoms. The van der Waals surface area contributed by atoms with Gasteiger partial charge in [0.25, 0.3) is 0 Å². The van der Waals surface area contributed by atoms with E-state index in [2.05, 4.69) is 71.4 Å². The summed E-state index contributed by atoms with van der Waals surface area (Å²) in [7, 11) is 3.89. The number of nitrogens with zero attached hydrogens (tertiary/aromatic N) is 2. The van der Waals surface area contributed by atoms with Crippen LogP contribution in [0.4, 0.5) is 0 Å². The molecule has 36 heavy (non-hydrogen) atoms. The minimum Gasteiger partial charge on any atom is -0.493 e. The third-order valence-electron chi connectivity index (χ3n) is 8.26. The van der Waals surface area contributed by atoms with Crippen molar-refractivity contribution in [2.45, 2.75) is 50.2 Å². The normalized spacial score (nSPS) is 19.8. The van der Waals surface area contributed by atoms with Crippen LogP contribution < -0.4 is 9.47 Å². The van der Waals surface area contributed by atoms with Crippen LogP contribution in [0.5, 0.6) is 11.5 Å². The van der Waals surface area contributed by atoms with Crippen molar-refractivity contribution >= 4 is 10.8 Å². The Morgan fingerprint density at radius 2 is 1.64 bits per heavy atom. The van der Waals surface area contributed by atoms with Gasteiger partial charge in [-0.05, 0) is 53.9 Å². The molecule has 1 N–H and O–H groups in total. The number of ether oxygens (including phenoxy) is 2. The maximum Gasteiger partial charge on any atom is 0.161 e. The standard InChI is InChI=1S/C31H40N2O3/c1-32-17-19-33(20-18-32)22-28(31(34)15-6-3-7-16-31)25-13-14-29(30(21-25)35-2)36-23-26-11-8-10-24-9-4-5-12-27(24)26/h4-5,8-14,21,28,34H,3,6-7,15-20,22-23H2,1-2H3. The summed E-state index contributed by atoms with van der Waals surface area (Å²) < 4.78 is 12.1. The van der Waals surface area contributed by atoms with E-state index in [1.54, 1.807) is 7.11 Å². The van der Waals surface area contributed by atoms with Crippen molar-refractivity contribution in [2.75, 3.05) is 46.9 Å². The highest BCUT2D eigenvalue weighted by Crippen LogP contribution is 2.43. The van der Waals surface area contributed by atoms with Crippen molar-refractivity contribution in [3.05, 3.63) is 71.8 Å². The Bertz CT molecular complexity index is 1140. The van der Waals surface area contributed by atoms with Crippen LogP contribution in [0, 0.1) is 0 Å². The molecule has 1 aliphatic heterocycles. The van der Waals surface area contributed by atoms with E-state index < -0.39 is 5.60 Å². The Hall–Kier alpha value is -2.60. The quantitative estimate of drug-likeness (QED) is 0.457.